The normalized spacial score (nSPS) is 12.3. The number of hydrogen-bond donors (Lipinski definition) is 0. The predicted molar refractivity (Wildman–Crippen MR) is 94.2 cm³/mol. The second-order valence-electron chi connectivity index (χ2n) is 5.73. The fourth-order valence-electron chi connectivity index (χ4n) is 2.85. The number of carbonyl (C=O) groups excluding carboxylic acids is 2. The highest BCUT2D eigenvalue weighted by Gasteiger charge is 2.25. The third-order valence-electron chi connectivity index (χ3n) is 4.00. The van der Waals surface area contributed by atoms with Crippen molar-refractivity contribution in [3.8, 4) is 11.5 Å². The molecule has 0 amide bonds. The molecule has 138 valence electrons. The zero-order valence-corrected chi connectivity index (χ0v) is 15.3. The molecule has 2 aromatic rings. The van der Waals surface area contributed by atoms with Crippen molar-refractivity contribution in [3.05, 3.63) is 39.9 Å². The molecule has 1 aromatic carbocycles. The summed E-state index contributed by atoms with van der Waals surface area (Å²) in [5.74, 6) is 1.22. The Hall–Kier alpha value is -2.54. The molecule has 0 saturated heterocycles. The lowest BCUT2D eigenvalue weighted by Crippen LogP contribution is -2.16. The summed E-state index contributed by atoms with van der Waals surface area (Å²) in [5, 5.41) is 0.480. The van der Waals surface area contributed by atoms with E-state index in [9.17, 15) is 9.59 Å². The number of ether oxygens (including phenoxy) is 3. The smallest absolute Gasteiger partial charge is 0.357 e. The Morgan fingerprint density at radius 2 is 2.08 bits per heavy atom. The van der Waals surface area contributed by atoms with Crippen molar-refractivity contribution in [2.24, 2.45) is 0 Å². The molecular weight excluding hydrogens is 360 g/mol. The Morgan fingerprint density at radius 1 is 1.35 bits per heavy atom. The number of esters is 1. The first-order valence-corrected chi connectivity index (χ1v) is 8.76. The van der Waals surface area contributed by atoms with Crippen LogP contribution in [0, 0.1) is 0 Å². The molecule has 0 saturated carbocycles. The summed E-state index contributed by atoms with van der Waals surface area (Å²) < 4.78 is 17.5. The maximum atomic E-state index is 12.4. The van der Waals surface area contributed by atoms with Gasteiger partial charge in [-0.2, -0.15) is 0 Å². The molecule has 26 heavy (non-hydrogen) atoms. The molecule has 7 nitrogen and oxygen atoms in total. The highest BCUT2D eigenvalue weighted by Crippen LogP contribution is 2.37. The number of fused-ring (bicyclic) bond motifs is 1. The maximum Gasteiger partial charge on any atom is 0.357 e. The van der Waals surface area contributed by atoms with E-state index >= 15 is 0 Å². The van der Waals surface area contributed by atoms with Crippen molar-refractivity contribution in [1.82, 2.24) is 9.55 Å². The van der Waals surface area contributed by atoms with Crippen LogP contribution in [-0.4, -0.2) is 35.2 Å². The summed E-state index contributed by atoms with van der Waals surface area (Å²) in [4.78, 5) is 28.2. The van der Waals surface area contributed by atoms with Crippen LogP contribution in [0.3, 0.4) is 0 Å². The van der Waals surface area contributed by atoms with Gasteiger partial charge >= 0.3 is 5.97 Å². The molecule has 0 unspecified atom stereocenters. The van der Waals surface area contributed by atoms with Crippen LogP contribution in [0.2, 0.25) is 5.02 Å². The van der Waals surface area contributed by atoms with Gasteiger partial charge < -0.3 is 18.8 Å². The van der Waals surface area contributed by atoms with Crippen molar-refractivity contribution in [2.75, 3.05) is 13.4 Å². The Morgan fingerprint density at radius 3 is 2.73 bits per heavy atom. The molecule has 0 radical (unpaired) electrons. The first-order valence-electron chi connectivity index (χ1n) is 8.38. The van der Waals surface area contributed by atoms with E-state index in [1.165, 1.54) is 0 Å². The molecule has 0 N–H and O–H groups in total. The number of aromatic nitrogens is 2. The van der Waals surface area contributed by atoms with Crippen LogP contribution >= 0.6 is 11.6 Å². The highest BCUT2D eigenvalue weighted by molar-refractivity contribution is 6.31. The van der Waals surface area contributed by atoms with Gasteiger partial charge in [-0.1, -0.05) is 18.5 Å². The van der Waals surface area contributed by atoms with Crippen LogP contribution in [0.25, 0.3) is 0 Å². The second-order valence-corrected chi connectivity index (χ2v) is 6.14. The molecule has 0 fully saturated rings. The number of halogens is 1. The number of benzene rings is 1. The van der Waals surface area contributed by atoms with Gasteiger partial charge in [-0.05, 0) is 25.0 Å². The van der Waals surface area contributed by atoms with Gasteiger partial charge in [-0.3, -0.25) is 4.79 Å². The van der Waals surface area contributed by atoms with Gasteiger partial charge in [0.1, 0.15) is 11.5 Å². The van der Waals surface area contributed by atoms with Gasteiger partial charge in [0, 0.05) is 17.5 Å². The van der Waals surface area contributed by atoms with Crippen molar-refractivity contribution < 1.29 is 23.8 Å². The van der Waals surface area contributed by atoms with Gasteiger partial charge in [0.15, 0.2) is 23.5 Å². The maximum absolute atomic E-state index is 12.4. The summed E-state index contributed by atoms with van der Waals surface area (Å²) in [5.41, 5.74) is 0.941. The van der Waals surface area contributed by atoms with Crippen LogP contribution in [-0.2, 0) is 17.7 Å². The van der Waals surface area contributed by atoms with E-state index in [1.54, 1.807) is 23.6 Å². The lowest BCUT2D eigenvalue weighted by atomic mass is 10.2. The van der Waals surface area contributed by atoms with E-state index in [-0.39, 0.29) is 31.3 Å². The zero-order valence-electron chi connectivity index (χ0n) is 14.6. The summed E-state index contributed by atoms with van der Waals surface area (Å²) in [6.45, 7) is 4.32. The zero-order chi connectivity index (χ0) is 18.7. The monoisotopic (exact) mass is 378 g/mol. The molecule has 1 aromatic heterocycles. The van der Waals surface area contributed by atoms with Crippen LogP contribution in [0.15, 0.2) is 12.1 Å². The van der Waals surface area contributed by atoms with Gasteiger partial charge in [0.05, 0.1) is 13.2 Å². The molecular formula is C18H19ClN2O5. The Kier molecular flexibility index (Phi) is 5.46. The number of imidazole rings is 1. The van der Waals surface area contributed by atoms with Crippen LogP contribution in [0.1, 0.15) is 52.6 Å². The van der Waals surface area contributed by atoms with Crippen molar-refractivity contribution >= 4 is 23.9 Å². The molecule has 2 heterocycles. The van der Waals surface area contributed by atoms with Gasteiger partial charge in [0.25, 0.3) is 0 Å². The summed E-state index contributed by atoms with van der Waals surface area (Å²) in [6, 6.07) is 3.45. The minimum absolute atomic E-state index is 0.0729. The number of carbonyl (C=O) groups is 2. The van der Waals surface area contributed by atoms with Crippen molar-refractivity contribution in [2.45, 2.75) is 33.2 Å². The molecule has 0 atom stereocenters. The topological polar surface area (TPSA) is 79.7 Å². The van der Waals surface area contributed by atoms with E-state index in [0.717, 1.165) is 12.0 Å². The minimum Gasteiger partial charge on any atom is -0.461 e. The summed E-state index contributed by atoms with van der Waals surface area (Å²) in [6.07, 6.45) is 2.00. The number of rotatable bonds is 7. The van der Waals surface area contributed by atoms with Gasteiger partial charge in [0.2, 0.25) is 6.79 Å². The van der Waals surface area contributed by atoms with E-state index in [4.69, 9.17) is 25.8 Å². The van der Waals surface area contributed by atoms with Crippen molar-refractivity contribution in [3.63, 3.8) is 0 Å². The number of hydrogen-bond acceptors (Lipinski definition) is 6. The van der Waals surface area contributed by atoms with E-state index in [1.807, 2.05) is 6.92 Å². The van der Waals surface area contributed by atoms with Crippen LogP contribution in [0.4, 0.5) is 0 Å². The van der Waals surface area contributed by atoms with Crippen LogP contribution < -0.4 is 9.47 Å². The first kappa shape index (κ1) is 18.3. The summed E-state index contributed by atoms with van der Waals surface area (Å²) >= 11 is 6.37. The summed E-state index contributed by atoms with van der Waals surface area (Å²) in [7, 11) is 0. The number of nitrogens with zero attached hydrogens (tertiary/aromatic N) is 2. The Labute approximate surface area is 155 Å². The van der Waals surface area contributed by atoms with Crippen molar-refractivity contribution in [1.29, 1.82) is 0 Å². The molecule has 0 aliphatic carbocycles. The molecule has 1 aliphatic heterocycles. The SMILES string of the molecule is CCCc1nc(C=O)c(C(=O)OCC)n1Cc1cc2c(cc1Cl)OCO2. The molecule has 8 heteroatoms. The Bertz CT molecular complexity index is 847. The minimum atomic E-state index is -0.582. The fourth-order valence-corrected chi connectivity index (χ4v) is 3.07. The lowest BCUT2D eigenvalue weighted by Gasteiger charge is -2.13. The molecule has 0 spiro atoms. The third kappa shape index (κ3) is 3.39. The number of aldehydes is 1. The van der Waals surface area contributed by atoms with Gasteiger partial charge in [-0.15, -0.1) is 0 Å². The quantitative estimate of drug-likeness (QED) is 0.543. The fraction of sp³-hybridized carbons (Fsp3) is 0.389. The standard InChI is InChI=1S/C18H19ClN2O5/c1-3-5-16-20-13(9-22)17(18(23)24-4-2)21(16)8-11-6-14-15(7-12(11)19)26-10-25-14/h6-7,9H,3-5,8,10H2,1-2H3. The van der Waals surface area contributed by atoms with Crippen LogP contribution in [0.5, 0.6) is 11.5 Å². The number of aryl methyl sites for hydroxylation is 1. The first-order chi connectivity index (χ1) is 12.6. The average molecular weight is 379 g/mol. The third-order valence-corrected chi connectivity index (χ3v) is 4.35. The lowest BCUT2D eigenvalue weighted by molar-refractivity contribution is 0.0511. The average Bonchev–Trinajstić information content (AvgIpc) is 3.20. The molecule has 3 rings (SSSR count). The molecule has 1 aliphatic rings. The van der Waals surface area contributed by atoms with E-state index < -0.39 is 5.97 Å². The second kappa shape index (κ2) is 7.78. The van der Waals surface area contributed by atoms with Gasteiger partial charge in [-0.25, -0.2) is 9.78 Å². The highest BCUT2D eigenvalue weighted by atomic mass is 35.5. The van der Waals surface area contributed by atoms with E-state index in [0.29, 0.717) is 35.1 Å². The Balaban J connectivity index is 2.06. The predicted octanol–water partition coefficient (Wildman–Crippen LogP) is 3.26. The van der Waals surface area contributed by atoms with E-state index in [2.05, 4.69) is 4.98 Å². The largest absolute Gasteiger partial charge is 0.461 e. The molecule has 0 bridgehead atoms.